The lowest BCUT2D eigenvalue weighted by atomic mass is 9.84. The smallest absolute Gasteiger partial charge is 0.303 e. The fourth-order valence-electron chi connectivity index (χ4n) is 4.15. The molecular weight excluding hydrogens is 398 g/mol. The summed E-state index contributed by atoms with van der Waals surface area (Å²) in [5.74, 6) is -0.973. The first kappa shape index (κ1) is 25.0. The minimum Gasteiger partial charge on any atom is -0.481 e. The van der Waals surface area contributed by atoms with Crippen LogP contribution in [0.2, 0.25) is 0 Å². The standard InChI is InChI=1S/C24H35NO6/c1-15(2)12-17(4)13-16(3)9-10-19(26)25-18-14-24(30,23-22(31-23)21(18)29)11-7-5-6-8-20(27)28/h9-10,12,14,16-17,22-23,30H,5-8,11,13H2,1-4H3,(H,25,26)(H,27,28)/b10-9+. The Balaban J connectivity index is 1.91. The maximum atomic E-state index is 12.4. The Morgan fingerprint density at radius 2 is 1.94 bits per heavy atom. The first-order valence-electron chi connectivity index (χ1n) is 11.0. The van der Waals surface area contributed by atoms with Crippen LogP contribution in [0.3, 0.4) is 0 Å². The lowest BCUT2D eigenvalue weighted by Gasteiger charge is -2.26. The Hall–Kier alpha value is -2.25. The molecule has 1 fully saturated rings. The number of Topliss-reactive ketones (excluding diaryl/α,β-unsaturated/α-hetero) is 1. The van der Waals surface area contributed by atoms with Gasteiger partial charge >= 0.3 is 5.97 Å². The molecule has 31 heavy (non-hydrogen) atoms. The van der Waals surface area contributed by atoms with E-state index in [4.69, 9.17) is 9.84 Å². The van der Waals surface area contributed by atoms with Gasteiger partial charge in [0.1, 0.15) is 11.7 Å². The predicted octanol–water partition coefficient (Wildman–Crippen LogP) is 3.29. The molecule has 0 aromatic carbocycles. The molecule has 1 amide bonds. The third-order valence-corrected chi connectivity index (χ3v) is 5.57. The Kier molecular flexibility index (Phi) is 8.77. The fraction of sp³-hybridized carbons (Fsp3) is 0.625. The molecule has 3 N–H and O–H groups in total. The summed E-state index contributed by atoms with van der Waals surface area (Å²) in [4.78, 5) is 35.3. The van der Waals surface area contributed by atoms with Crippen molar-refractivity contribution in [2.24, 2.45) is 11.8 Å². The van der Waals surface area contributed by atoms with E-state index in [0.717, 1.165) is 6.42 Å². The Bertz CT molecular complexity index is 779. The summed E-state index contributed by atoms with van der Waals surface area (Å²) in [5.41, 5.74) is -0.00701. The second-order valence-corrected chi connectivity index (χ2v) is 9.13. The number of ketones is 1. The van der Waals surface area contributed by atoms with Gasteiger partial charge in [0.05, 0.1) is 5.70 Å². The number of hydrogen-bond donors (Lipinski definition) is 3. The Morgan fingerprint density at radius 3 is 2.58 bits per heavy atom. The summed E-state index contributed by atoms with van der Waals surface area (Å²) in [6.45, 7) is 8.29. The molecular formula is C24H35NO6. The summed E-state index contributed by atoms with van der Waals surface area (Å²) < 4.78 is 5.37. The molecule has 2 rings (SSSR count). The molecule has 7 nitrogen and oxygen atoms in total. The Labute approximate surface area is 184 Å². The first-order valence-corrected chi connectivity index (χ1v) is 11.0. The maximum absolute atomic E-state index is 12.4. The molecule has 0 bridgehead atoms. The van der Waals surface area contributed by atoms with Crippen LogP contribution >= 0.6 is 0 Å². The molecule has 0 radical (unpaired) electrons. The summed E-state index contributed by atoms with van der Waals surface area (Å²) >= 11 is 0. The van der Waals surface area contributed by atoms with E-state index in [9.17, 15) is 19.5 Å². The van der Waals surface area contributed by atoms with Crippen molar-refractivity contribution < 1.29 is 29.3 Å². The number of ether oxygens (including phenoxy) is 1. The number of epoxide rings is 1. The quantitative estimate of drug-likeness (QED) is 0.188. The van der Waals surface area contributed by atoms with Gasteiger partial charge < -0.3 is 20.3 Å². The number of aliphatic carboxylic acids is 1. The van der Waals surface area contributed by atoms with Gasteiger partial charge in [-0.1, -0.05) is 44.4 Å². The molecule has 1 saturated heterocycles. The molecule has 0 saturated carbocycles. The number of hydrogen-bond acceptors (Lipinski definition) is 5. The van der Waals surface area contributed by atoms with Crippen LogP contribution in [0.1, 0.15) is 66.2 Å². The number of aliphatic hydroxyl groups is 1. The van der Waals surface area contributed by atoms with E-state index in [0.29, 0.717) is 31.6 Å². The van der Waals surface area contributed by atoms with Crippen molar-refractivity contribution >= 4 is 17.7 Å². The minimum atomic E-state index is -1.33. The van der Waals surface area contributed by atoms with Gasteiger partial charge in [-0.15, -0.1) is 0 Å². The van der Waals surface area contributed by atoms with Gasteiger partial charge in [-0.25, -0.2) is 0 Å². The molecule has 0 aromatic rings. The van der Waals surface area contributed by atoms with Crippen molar-refractivity contribution in [1.82, 2.24) is 5.32 Å². The highest BCUT2D eigenvalue weighted by Crippen LogP contribution is 2.42. The largest absolute Gasteiger partial charge is 0.481 e. The number of unbranched alkanes of at least 4 members (excludes halogenated alkanes) is 2. The predicted molar refractivity (Wildman–Crippen MR) is 117 cm³/mol. The number of carbonyl (C=O) groups is 3. The van der Waals surface area contributed by atoms with Gasteiger partial charge in [-0.2, -0.15) is 0 Å². The summed E-state index contributed by atoms with van der Waals surface area (Å²) in [6, 6.07) is 0. The van der Waals surface area contributed by atoms with E-state index >= 15 is 0 Å². The zero-order valence-corrected chi connectivity index (χ0v) is 18.9. The topological polar surface area (TPSA) is 116 Å². The van der Waals surface area contributed by atoms with Gasteiger partial charge in [0, 0.05) is 6.42 Å². The van der Waals surface area contributed by atoms with Crippen LogP contribution in [0, 0.1) is 11.8 Å². The molecule has 1 aliphatic carbocycles. The van der Waals surface area contributed by atoms with E-state index in [1.165, 1.54) is 17.7 Å². The van der Waals surface area contributed by atoms with Crippen molar-refractivity contribution in [3.8, 4) is 0 Å². The minimum absolute atomic E-state index is 0.0620. The lowest BCUT2D eigenvalue weighted by Crippen LogP contribution is -2.43. The number of carboxylic acids is 1. The van der Waals surface area contributed by atoms with Crippen molar-refractivity contribution in [3.63, 3.8) is 0 Å². The van der Waals surface area contributed by atoms with E-state index in [-0.39, 0.29) is 23.8 Å². The van der Waals surface area contributed by atoms with Gasteiger partial charge in [0.2, 0.25) is 11.7 Å². The lowest BCUT2D eigenvalue weighted by molar-refractivity contribution is -0.137. The molecule has 1 heterocycles. The molecule has 2 aliphatic rings. The fourth-order valence-corrected chi connectivity index (χ4v) is 4.15. The molecule has 172 valence electrons. The number of amides is 1. The van der Waals surface area contributed by atoms with Gasteiger partial charge in [-0.3, -0.25) is 14.4 Å². The van der Waals surface area contributed by atoms with E-state index < -0.39 is 29.7 Å². The van der Waals surface area contributed by atoms with Crippen molar-refractivity contribution in [2.45, 2.75) is 84.0 Å². The van der Waals surface area contributed by atoms with Crippen LogP contribution in [0.25, 0.3) is 0 Å². The average molecular weight is 434 g/mol. The third kappa shape index (κ3) is 7.74. The number of nitrogens with one attached hydrogen (secondary N) is 1. The molecule has 5 atom stereocenters. The van der Waals surface area contributed by atoms with Crippen LogP contribution in [-0.4, -0.2) is 45.7 Å². The molecule has 0 spiro atoms. The average Bonchev–Trinajstić information content (AvgIpc) is 3.45. The van der Waals surface area contributed by atoms with E-state index in [1.807, 2.05) is 13.0 Å². The second-order valence-electron chi connectivity index (χ2n) is 9.13. The van der Waals surface area contributed by atoms with Crippen LogP contribution in [0.5, 0.6) is 0 Å². The first-order chi connectivity index (χ1) is 14.5. The second kappa shape index (κ2) is 10.9. The summed E-state index contributed by atoms with van der Waals surface area (Å²) in [6.07, 6.45) is 8.66. The zero-order chi connectivity index (χ0) is 23.2. The van der Waals surface area contributed by atoms with Crippen molar-refractivity contribution in [1.29, 1.82) is 0 Å². The monoisotopic (exact) mass is 433 g/mol. The van der Waals surface area contributed by atoms with Crippen LogP contribution in [0.15, 0.2) is 35.6 Å². The highest BCUT2D eigenvalue weighted by Gasteiger charge is 2.60. The number of carboxylic acid groups (broad SMARTS) is 1. The summed E-state index contributed by atoms with van der Waals surface area (Å²) in [5, 5.41) is 22.2. The van der Waals surface area contributed by atoms with Crippen LogP contribution in [0.4, 0.5) is 0 Å². The SMILES string of the molecule is CC(C)=CC(C)CC(C)/C=C/C(=O)NC1=CC(O)(CCCCCC(=O)O)C2OC2C1=O. The van der Waals surface area contributed by atoms with Gasteiger partial charge in [0.25, 0.3) is 0 Å². The van der Waals surface area contributed by atoms with E-state index in [1.54, 1.807) is 0 Å². The Morgan fingerprint density at radius 1 is 1.23 bits per heavy atom. The normalized spacial score (nSPS) is 26.6. The zero-order valence-electron chi connectivity index (χ0n) is 18.9. The van der Waals surface area contributed by atoms with Crippen LogP contribution in [-0.2, 0) is 19.1 Å². The number of allylic oxidation sites excluding steroid dienone is 3. The number of carbonyl (C=O) groups excluding carboxylic acids is 2. The van der Waals surface area contributed by atoms with E-state index in [2.05, 4.69) is 32.2 Å². The molecule has 5 unspecified atom stereocenters. The van der Waals surface area contributed by atoms with Crippen molar-refractivity contribution in [2.75, 3.05) is 0 Å². The molecule has 1 aliphatic heterocycles. The summed E-state index contributed by atoms with van der Waals surface area (Å²) in [7, 11) is 0. The highest BCUT2D eigenvalue weighted by atomic mass is 16.6. The van der Waals surface area contributed by atoms with Gasteiger partial charge in [-0.05, 0) is 57.1 Å². The molecule has 7 heteroatoms. The van der Waals surface area contributed by atoms with Crippen LogP contribution < -0.4 is 5.32 Å². The third-order valence-electron chi connectivity index (χ3n) is 5.57. The van der Waals surface area contributed by atoms with Crippen molar-refractivity contribution in [3.05, 3.63) is 35.6 Å². The highest BCUT2D eigenvalue weighted by molar-refractivity contribution is 6.06. The number of fused-ring (bicyclic) bond motifs is 1. The molecule has 0 aromatic heterocycles. The number of rotatable bonds is 12. The van der Waals surface area contributed by atoms with Gasteiger partial charge in [0.15, 0.2) is 6.10 Å². The maximum Gasteiger partial charge on any atom is 0.303 e.